The molecule has 1 aromatic rings. The van der Waals surface area contributed by atoms with Crippen LogP contribution in [0.1, 0.15) is 56.3 Å². The molecule has 1 aromatic carbocycles. The van der Waals surface area contributed by atoms with Crippen LogP contribution in [-0.4, -0.2) is 103 Å². The maximum absolute atomic E-state index is 14.0. The number of esters is 1. The number of nitrogens with one attached hydrogen (secondary N) is 1. The van der Waals surface area contributed by atoms with Crippen molar-refractivity contribution < 1.29 is 38.7 Å². The average Bonchev–Trinajstić information content (AvgIpc) is 3.40. The quantitative estimate of drug-likeness (QED) is 0.414. The monoisotopic (exact) mass is 584 g/mol. The molecule has 10 heteroatoms. The lowest BCUT2D eigenvalue weighted by molar-refractivity contribution is -0.319. The summed E-state index contributed by atoms with van der Waals surface area (Å²) in [5, 5.41) is 28.6. The van der Waals surface area contributed by atoms with Crippen LogP contribution in [0.2, 0.25) is 0 Å². The van der Waals surface area contributed by atoms with Crippen LogP contribution in [0.4, 0.5) is 5.69 Å². The molecular weight excluding hydrogens is 540 g/mol. The van der Waals surface area contributed by atoms with Crippen molar-refractivity contribution in [2.75, 3.05) is 39.7 Å². The number of likely N-dealkylation sites (N-methyl/N-ethyl adjacent to an activating group) is 1. The van der Waals surface area contributed by atoms with Gasteiger partial charge in [-0.3, -0.25) is 9.69 Å². The Morgan fingerprint density at radius 3 is 2.50 bits per heavy atom. The maximum Gasteiger partial charge on any atom is 0.340 e. The van der Waals surface area contributed by atoms with E-state index in [1.807, 2.05) is 0 Å². The molecule has 6 aliphatic rings. The number of carbonyl (C=O) groups excluding carboxylic acids is 2. The summed E-state index contributed by atoms with van der Waals surface area (Å²) >= 11 is 0. The molecule has 5 saturated carbocycles. The minimum absolute atomic E-state index is 0.0142. The van der Waals surface area contributed by atoms with E-state index in [0.29, 0.717) is 50.0 Å². The number of carbonyl (C=O) groups is 2. The van der Waals surface area contributed by atoms with Crippen molar-refractivity contribution in [2.45, 2.75) is 87.1 Å². The highest BCUT2D eigenvalue weighted by atomic mass is 16.6. The number of nitrogens with zero attached hydrogens (tertiary/aromatic N) is 1. The van der Waals surface area contributed by atoms with E-state index in [1.54, 1.807) is 45.6 Å². The van der Waals surface area contributed by atoms with E-state index in [4.69, 9.17) is 18.9 Å². The van der Waals surface area contributed by atoms with Gasteiger partial charge in [-0.05, 0) is 50.3 Å². The van der Waals surface area contributed by atoms with E-state index in [-0.39, 0.29) is 53.9 Å². The number of piperidine rings is 1. The third-order valence-electron chi connectivity index (χ3n) is 12.6. The van der Waals surface area contributed by atoms with Crippen LogP contribution in [0.25, 0.3) is 0 Å². The van der Waals surface area contributed by atoms with Crippen LogP contribution in [0, 0.1) is 29.1 Å². The first-order valence-electron chi connectivity index (χ1n) is 15.4. The Morgan fingerprint density at radius 1 is 1.07 bits per heavy atom. The Kier molecular flexibility index (Phi) is 6.46. The number of rotatable bonds is 7. The normalized spacial score (nSPS) is 48.2. The van der Waals surface area contributed by atoms with Gasteiger partial charge in [0.25, 0.3) is 0 Å². The molecule has 10 nitrogen and oxygen atoms in total. The number of ether oxygens (including phenoxy) is 4. The van der Waals surface area contributed by atoms with Crippen molar-refractivity contribution in [1.82, 2.24) is 4.90 Å². The number of hydrogen-bond acceptors (Lipinski definition) is 9. The molecule has 1 amide bonds. The average molecular weight is 585 g/mol. The van der Waals surface area contributed by atoms with Crippen molar-refractivity contribution in [3.63, 3.8) is 0 Å². The summed E-state index contributed by atoms with van der Waals surface area (Å²) in [5.41, 5.74) is -3.65. The topological polar surface area (TPSA) is 127 Å². The van der Waals surface area contributed by atoms with Crippen LogP contribution in [0.15, 0.2) is 24.3 Å². The summed E-state index contributed by atoms with van der Waals surface area (Å²) in [6.45, 7) is 4.56. The molecular formula is C32H44N2O8. The van der Waals surface area contributed by atoms with Gasteiger partial charge >= 0.3 is 5.97 Å². The van der Waals surface area contributed by atoms with E-state index in [1.165, 1.54) is 6.92 Å². The van der Waals surface area contributed by atoms with Gasteiger partial charge < -0.3 is 34.5 Å². The first kappa shape index (κ1) is 28.7. The third kappa shape index (κ3) is 3.26. The number of para-hydroxylation sites is 1. The summed E-state index contributed by atoms with van der Waals surface area (Å²) in [7, 11) is 5.13. The number of hydrogen-bond donors (Lipinski definition) is 3. The van der Waals surface area contributed by atoms with Gasteiger partial charge in [0, 0.05) is 64.4 Å². The minimum Gasteiger partial charge on any atom is -0.454 e. The lowest BCUT2D eigenvalue weighted by atomic mass is 9.44. The fourth-order valence-electron chi connectivity index (χ4n) is 11.6. The molecule has 0 unspecified atom stereocenters. The zero-order valence-electron chi connectivity index (χ0n) is 25.2. The molecule has 3 N–H and O–H groups in total. The lowest BCUT2D eigenvalue weighted by Crippen LogP contribution is -2.82. The Labute approximate surface area is 247 Å². The molecule has 12 atom stereocenters. The minimum atomic E-state index is -1.47. The highest BCUT2D eigenvalue weighted by Gasteiger charge is 2.89. The molecule has 0 aromatic heterocycles. The summed E-state index contributed by atoms with van der Waals surface area (Å²) < 4.78 is 25.1. The van der Waals surface area contributed by atoms with Crippen molar-refractivity contribution in [1.29, 1.82) is 0 Å². The lowest BCUT2D eigenvalue weighted by Gasteiger charge is -2.70. The van der Waals surface area contributed by atoms with Crippen LogP contribution < -0.4 is 5.32 Å². The second-order valence-corrected chi connectivity index (χ2v) is 13.7. The molecule has 1 saturated heterocycles. The standard InChI is InChI=1S/C32H44N2O8/c1-6-34-16-29(42-27(36)18-9-7-8-10-21(18)33-17(2)35)12-11-24(40-4)32-20-13-19-22(39-3)14-30(37,25(20)26(19)41-5)31(38,28(32)34)15-23(29)32/h7-10,19-20,22-26,28,37-38H,6,11-16H2,1-5H3,(H,33,35)/t19-,20-,22+,23-,24+,25-,26+,28-,29-,30-,31-,32-/m1/s1. The zero-order chi connectivity index (χ0) is 29.8. The summed E-state index contributed by atoms with van der Waals surface area (Å²) in [5.74, 6) is -1.20. The van der Waals surface area contributed by atoms with Crippen LogP contribution >= 0.6 is 0 Å². The first-order chi connectivity index (χ1) is 20.1. The summed E-state index contributed by atoms with van der Waals surface area (Å²) in [4.78, 5) is 28.2. The molecule has 1 spiro atoms. The van der Waals surface area contributed by atoms with E-state index < -0.39 is 28.2 Å². The molecule has 1 heterocycles. The Bertz CT molecular complexity index is 1290. The predicted molar refractivity (Wildman–Crippen MR) is 152 cm³/mol. The van der Waals surface area contributed by atoms with Crippen LogP contribution in [0.3, 0.4) is 0 Å². The predicted octanol–water partition coefficient (Wildman–Crippen LogP) is 2.22. The molecule has 0 radical (unpaired) electrons. The van der Waals surface area contributed by atoms with Gasteiger partial charge in [0.05, 0.1) is 35.6 Å². The number of anilines is 1. The zero-order valence-corrected chi connectivity index (χ0v) is 25.2. The van der Waals surface area contributed by atoms with Gasteiger partial charge in [-0.2, -0.15) is 0 Å². The summed E-state index contributed by atoms with van der Waals surface area (Å²) in [6.07, 6.45) is 2.04. The van der Waals surface area contributed by atoms with Gasteiger partial charge in [-0.15, -0.1) is 0 Å². The number of fused-ring (bicyclic) bond motifs is 2. The van der Waals surface area contributed by atoms with E-state index in [2.05, 4.69) is 17.1 Å². The Hall–Kier alpha value is -2.08. The van der Waals surface area contributed by atoms with E-state index in [0.717, 1.165) is 6.42 Å². The second kappa shape index (κ2) is 9.46. The van der Waals surface area contributed by atoms with Crippen LogP contribution in [0.5, 0.6) is 0 Å². The van der Waals surface area contributed by atoms with Gasteiger partial charge in [0.15, 0.2) is 0 Å². The van der Waals surface area contributed by atoms with E-state index >= 15 is 0 Å². The first-order valence-corrected chi connectivity index (χ1v) is 15.4. The summed E-state index contributed by atoms with van der Waals surface area (Å²) in [6, 6.07) is 6.55. The second-order valence-electron chi connectivity index (χ2n) is 13.7. The van der Waals surface area contributed by atoms with E-state index in [9.17, 15) is 19.8 Å². The van der Waals surface area contributed by atoms with Gasteiger partial charge in [0.1, 0.15) is 16.8 Å². The number of likely N-dealkylation sites (tertiary alicyclic amines) is 1. The van der Waals surface area contributed by atoms with Crippen molar-refractivity contribution in [3.8, 4) is 0 Å². The highest BCUT2D eigenvalue weighted by molar-refractivity contribution is 6.00. The Morgan fingerprint density at radius 2 is 1.83 bits per heavy atom. The fourth-order valence-corrected chi connectivity index (χ4v) is 11.6. The largest absolute Gasteiger partial charge is 0.454 e. The van der Waals surface area contributed by atoms with Gasteiger partial charge in [-0.1, -0.05) is 19.1 Å². The number of methoxy groups -OCH3 is 3. The highest BCUT2D eigenvalue weighted by Crippen LogP contribution is 2.79. The Balaban J connectivity index is 1.38. The van der Waals surface area contributed by atoms with Crippen LogP contribution in [-0.2, 0) is 23.7 Å². The number of amides is 1. The molecule has 1 aliphatic heterocycles. The molecule has 230 valence electrons. The maximum atomic E-state index is 14.0. The van der Waals surface area contributed by atoms with Crippen molar-refractivity contribution >= 4 is 17.6 Å². The molecule has 42 heavy (non-hydrogen) atoms. The molecule has 5 aliphatic carbocycles. The van der Waals surface area contributed by atoms with Gasteiger partial charge in [0.2, 0.25) is 5.91 Å². The third-order valence-corrected chi connectivity index (χ3v) is 12.6. The fraction of sp³-hybridized carbons (Fsp3) is 0.750. The van der Waals surface area contributed by atoms with Crippen molar-refractivity contribution in [2.24, 2.45) is 29.1 Å². The smallest absolute Gasteiger partial charge is 0.340 e. The van der Waals surface area contributed by atoms with Gasteiger partial charge in [-0.25, -0.2) is 4.79 Å². The SMILES string of the molecule is CCN1C[C@]2(OC(=O)c3ccccc3NC(C)=O)CC[C@H](OC)[C@@]34[C@@H]5C[C@H]6[C@H](OC)[C@@H]5[C@](O)(C[C@@H]6OC)[C@@](O)(C[C@H]23)[C@@H]14. The molecule has 7 rings (SSSR count). The number of benzene rings is 1. The van der Waals surface area contributed by atoms with Crippen molar-refractivity contribution in [3.05, 3.63) is 29.8 Å². The molecule has 6 fully saturated rings. The molecule has 7 bridgehead atoms. The number of aliphatic hydroxyl groups is 2.